The third-order valence-corrected chi connectivity index (χ3v) is 6.44. The molecule has 1 saturated heterocycles. The Morgan fingerprint density at radius 3 is 2.60 bits per heavy atom. The van der Waals surface area contributed by atoms with E-state index in [2.05, 4.69) is 14.5 Å². The van der Waals surface area contributed by atoms with E-state index in [1.54, 1.807) is 6.92 Å². The Balaban J connectivity index is 1.73. The number of rotatable bonds is 11. The molecule has 0 spiro atoms. The van der Waals surface area contributed by atoms with E-state index < -0.39 is 30.7 Å². The first-order valence-electron chi connectivity index (χ1n) is 10.5. The number of carbonyl (C=O) groups is 3. The zero-order valence-electron chi connectivity index (χ0n) is 17.2. The molecule has 30 heavy (non-hydrogen) atoms. The molecule has 3 rings (SSSR count). The van der Waals surface area contributed by atoms with E-state index >= 15 is 0 Å². The van der Waals surface area contributed by atoms with Crippen LogP contribution in [0.5, 0.6) is 0 Å². The summed E-state index contributed by atoms with van der Waals surface area (Å²) in [6.45, 7) is 1.68. The van der Waals surface area contributed by atoms with Crippen molar-refractivity contribution < 1.29 is 28.8 Å². The minimum Gasteiger partial charge on any atom is -0.509 e. The van der Waals surface area contributed by atoms with Gasteiger partial charge in [0.2, 0.25) is 0 Å². The van der Waals surface area contributed by atoms with E-state index in [-0.39, 0.29) is 30.9 Å². The monoisotopic (exact) mass is 433 g/mol. The maximum absolute atomic E-state index is 13.1. The van der Waals surface area contributed by atoms with Gasteiger partial charge < -0.3 is 14.4 Å². The van der Waals surface area contributed by atoms with Gasteiger partial charge in [0.25, 0.3) is 5.97 Å². The first-order valence-corrected chi connectivity index (χ1v) is 11.1. The number of hydrogen-bond donors (Lipinski definition) is 2. The molecule has 2 fully saturated rings. The molecule has 1 aliphatic heterocycles. The summed E-state index contributed by atoms with van der Waals surface area (Å²) in [5, 5.41) is 12.7. The maximum atomic E-state index is 13.1. The quantitative estimate of drug-likeness (QED) is 0.409. The van der Waals surface area contributed by atoms with Crippen LogP contribution in [0.3, 0.4) is 0 Å². The molecule has 1 heterocycles. The first-order chi connectivity index (χ1) is 14.4. The van der Waals surface area contributed by atoms with Crippen LogP contribution in [0.2, 0.25) is 5.82 Å². The van der Waals surface area contributed by atoms with Crippen LogP contribution in [-0.2, 0) is 30.1 Å². The van der Waals surface area contributed by atoms with E-state index in [0.717, 1.165) is 18.4 Å². The summed E-state index contributed by atoms with van der Waals surface area (Å²) in [7, 11) is 1.38. The SMILES string of the molecule is CCC1(C(=O)O)CC(=O)OB([C@@H](CC(=O)[C@H](Cc2ccccc2)NP)CC2CC2)O1. The Morgan fingerprint density at radius 1 is 1.33 bits per heavy atom. The van der Waals surface area contributed by atoms with E-state index in [4.69, 9.17) is 9.31 Å². The van der Waals surface area contributed by atoms with Crippen LogP contribution < -0.4 is 5.09 Å². The fourth-order valence-electron chi connectivity index (χ4n) is 3.96. The number of Topliss-reactive ketones (excluding diaryl/α,β-unsaturated/α-hetero) is 1. The highest BCUT2D eigenvalue weighted by molar-refractivity contribution is 7.13. The van der Waals surface area contributed by atoms with Crippen molar-refractivity contribution in [2.24, 2.45) is 5.92 Å². The fourth-order valence-corrected chi connectivity index (χ4v) is 4.26. The van der Waals surface area contributed by atoms with Crippen LogP contribution in [0.1, 0.15) is 51.0 Å². The Labute approximate surface area is 179 Å². The van der Waals surface area contributed by atoms with Crippen molar-refractivity contribution in [3.8, 4) is 0 Å². The van der Waals surface area contributed by atoms with Gasteiger partial charge in [-0.15, -0.1) is 0 Å². The number of carbonyl (C=O) groups excluding carboxylic acids is 2. The van der Waals surface area contributed by atoms with E-state index in [1.807, 2.05) is 30.3 Å². The highest BCUT2D eigenvalue weighted by Crippen LogP contribution is 2.42. The average molecular weight is 433 g/mol. The molecule has 2 unspecified atom stereocenters. The van der Waals surface area contributed by atoms with Crippen molar-refractivity contribution in [2.45, 2.75) is 69.3 Å². The van der Waals surface area contributed by atoms with Gasteiger partial charge in [-0.25, -0.2) is 4.79 Å². The minimum atomic E-state index is -1.59. The second-order valence-electron chi connectivity index (χ2n) is 8.32. The van der Waals surface area contributed by atoms with Crippen LogP contribution in [0.4, 0.5) is 0 Å². The lowest BCUT2D eigenvalue weighted by Gasteiger charge is -2.37. The van der Waals surface area contributed by atoms with Crippen molar-refractivity contribution in [3.63, 3.8) is 0 Å². The van der Waals surface area contributed by atoms with E-state index in [0.29, 0.717) is 18.8 Å². The second kappa shape index (κ2) is 10.0. The number of benzene rings is 1. The molecule has 4 atom stereocenters. The molecule has 0 amide bonds. The second-order valence-corrected chi connectivity index (χ2v) is 8.66. The minimum absolute atomic E-state index is 0.0119. The Bertz CT molecular complexity index is 774. The molecular formula is C21H29BNO6P. The van der Waals surface area contributed by atoms with Gasteiger partial charge in [0.1, 0.15) is 5.78 Å². The van der Waals surface area contributed by atoms with Gasteiger partial charge in [-0.3, -0.25) is 14.7 Å². The Hall–Kier alpha value is -1.76. The number of ketones is 1. The number of aliphatic carboxylic acids is 1. The van der Waals surface area contributed by atoms with Crippen molar-refractivity contribution in [1.82, 2.24) is 5.09 Å². The zero-order chi connectivity index (χ0) is 21.7. The highest BCUT2D eigenvalue weighted by Gasteiger charge is 2.53. The lowest BCUT2D eigenvalue weighted by atomic mass is 9.64. The van der Waals surface area contributed by atoms with Crippen molar-refractivity contribution in [1.29, 1.82) is 0 Å². The summed E-state index contributed by atoms with van der Waals surface area (Å²) in [5.41, 5.74) is -0.548. The summed E-state index contributed by atoms with van der Waals surface area (Å²) < 4.78 is 11.3. The molecular weight excluding hydrogens is 404 g/mol. The highest BCUT2D eigenvalue weighted by atomic mass is 31.0. The van der Waals surface area contributed by atoms with Crippen LogP contribution >= 0.6 is 9.39 Å². The summed E-state index contributed by atoms with van der Waals surface area (Å²) in [6.07, 6.45) is 3.35. The third kappa shape index (κ3) is 5.68. The fraction of sp³-hybridized carbons (Fsp3) is 0.571. The normalized spacial score (nSPS) is 23.5. The van der Waals surface area contributed by atoms with E-state index in [9.17, 15) is 19.5 Å². The maximum Gasteiger partial charge on any atom is 0.531 e. The van der Waals surface area contributed by atoms with Gasteiger partial charge >= 0.3 is 13.1 Å². The molecule has 162 valence electrons. The predicted octanol–water partition coefficient (Wildman–Crippen LogP) is 2.79. The standard InChI is InChI=1S/C21H29BNO6P/c1-2-21(20(26)27)13-19(25)28-22(29-21)16(10-15-8-9-15)12-18(24)17(23-30)11-14-6-4-3-5-7-14/h3-7,15-17,23H,2,8-13,30H2,1H3,(H,26,27)/t16-,17+,21?/m1/s1. The largest absolute Gasteiger partial charge is 0.531 e. The van der Waals surface area contributed by atoms with Gasteiger partial charge in [-0.05, 0) is 30.7 Å². The van der Waals surface area contributed by atoms with Crippen molar-refractivity contribution in [3.05, 3.63) is 35.9 Å². The van der Waals surface area contributed by atoms with Crippen LogP contribution in [0, 0.1) is 5.92 Å². The number of nitrogens with one attached hydrogen (secondary N) is 1. The van der Waals surface area contributed by atoms with Gasteiger partial charge in [-0.2, -0.15) is 0 Å². The van der Waals surface area contributed by atoms with Crippen molar-refractivity contribution in [2.75, 3.05) is 0 Å². The molecule has 1 aromatic carbocycles. The van der Waals surface area contributed by atoms with Crippen molar-refractivity contribution >= 4 is 34.2 Å². The molecule has 0 aromatic heterocycles. The van der Waals surface area contributed by atoms with Crippen LogP contribution in [-0.4, -0.2) is 41.6 Å². The van der Waals surface area contributed by atoms with Gasteiger partial charge in [0.15, 0.2) is 5.60 Å². The Morgan fingerprint density at radius 2 is 2.03 bits per heavy atom. The molecule has 1 aliphatic carbocycles. The zero-order valence-corrected chi connectivity index (χ0v) is 18.4. The first kappa shape index (κ1) is 22.9. The number of carboxylic acids is 1. The van der Waals surface area contributed by atoms with Crippen LogP contribution in [0.15, 0.2) is 30.3 Å². The van der Waals surface area contributed by atoms with Crippen LogP contribution in [0.25, 0.3) is 0 Å². The lowest BCUT2D eigenvalue weighted by molar-refractivity contribution is -0.171. The Kier molecular flexibility index (Phi) is 7.67. The summed E-state index contributed by atoms with van der Waals surface area (Å²) >= 11 is 0. The summed E-state index contributed by atoms with van der Waals surface area (Å²) in [4.78, 5) is 37.1. The smallest absolute Gasteiger partial charge is 0.509 e. The van der Waals surface area contributed by atoms with Gasteiger partial charge in [0.05, 0.1) is 12.5 Å². The molecule has 1 saturated carbocycles. The predicted molar refractivity (Wildman–Crippen MR) is 116 cm³/mol. The van der Waals surface area contributed by atoms with Gasteiger partial charge in [-0.1, -0.05) is 59.5 Å². The topological polar surface area (TPSA) is 102 Å². The molecule has 2 N–H and O–H groups in total. The molecule has 9 heteroatoms. The molecule has 0 radical (unpaired) electrons. The summed E-state index contributed by atoms with van der Waals surface area (Å²) in [6, 6.07) is 9.32. The molecule has 2 aliphatic rings. The molecule has 1 aromatic rings. The van der Waals surface area contributed by atoms with Gasteiger partial charge in [0, 0.05) is 12.2 Å². The molecule has 0 bridgehead atoms. The third-order valence-electron chi connectivity index (χ3n) is 6.03. The number of hydrogen-bond acceptors (Lipinski definition) is 6. The number of carboxylic acid groups (broad SMARTS) is 1. The average Bonchev–Trinajstić information content (AvgIpc) is 3.55. The van der Waals surface area contributed by atoms with E-state index in [1.165, 1.54) is 0 Å². The lowest BCUT2D eigenvalue weighted by Crippen LogP contribution is -2.54. The molecule has 7 nitrogen and oxygen atoms in total. The summed E-state index contributed by atoms with van der Waals surface area (Å²) in [5.74, 6) is -1.67.